The Hall–Kier alpha value is -5.30. The van der Waals surface area contributed by atoms with Crippen molar-refractivity contribution in [1.29, 1.82) is 0 Å². The summed E-state index contributed by atoms with van der Waals surface area (Å²) in [5, 5.41) is 79.1. The Bertz CT molecular complexity index is 823. The van der Waals surface area contributed by atoms with Gasteiger partial charge in [-0.25, -0.2) is 0 Å². The maximum atomic E-state index is 9.60. The van der Waals surface area contributed by atoms with Crippen molar-refractivity contribution < 1.29 is 99.0 Å². The quantitative estimate of drug-likeness (QED) is 0.0425. The van der Waals surface area contributed by atoms with E-state index in [2.05, 4.69) is 13.8 Å². The van der Waals surface area contributed by atoms with E-state index in [1.807, 2.05) is 69.2 Å². The minimum atomic E-state index is -0.711. The number of carboxylic acid groups (broad SMARTS) is 10. The lowest BCUT2D eigenvalue weighted by atomic mass is 10.2. The van der Waals surface area contributed by atoms with Crippen molar-refractivity contribution in [2.75, 3.05) is 0 Å². The molecule has 398 valence electrons. The van der Waals surface area contributed by atoms with Crippen LogP contribution < -0.4 is 0 Å². The molecule has 0 rings (SSSR count). The fraction of sp³-hybridized carbons (Fsp3) is 0.783. The van der Waals surface area contributed by atoms with Gasteiger partial charge in [-0.05, 0) is 64.2 Å². The number of hydrogen-bond donors (Lipinski definition) is 10. The average Bonchev–Trinajstić information content (AvgIpc) is 3.16. The Kier molecular flexibility index (Phi) is 115. The van der Waals surface area contributed by atoms with Crippen molar-refractivity contribution in [2.45, 2.75) is 237 Å². The Morgan fingerprint density at radius 1 is 0.182 bits per heavy atom. The van der Waals surface area contributed by atoms with Crippen molar-refractivity contribution in [3.63, 3.8) is 0 Å². The zero-order chi connectivity index (χ0) is 54.7. The van der Waals surface area contributed by atoms with Crippen LogP contribution in [0.2, 0.25) is 0 Å². The molecule has 0 unspecified atom stereocenters. The first kappa shape index (κ1) is 87.6. The molecular formula is C46H94O20. The van der Waals surface area contributed by atoms with Crippen LogP contribution in [-0.2, 0) is 47.9 Å². The van der Waals surface area contributed by atoms with Gasteiger partial charge in [0, 0.05) is 64.2 Å². The van der Waals surface area contributed by atoms with Gasteiger partial charge in [0.15, 0.2) is 0 Å². The van der Waals surface area contributed by atoms with Crippen LogP contribution in [0.15, 0.2) is 0 Å². The van der Waals surface area contributed by atoms with Gasteiger partial charge in [-0.1, -0.05) is 109 Å². The molecule has 0 aromatic rings. The zero-order valence-electron chi connectivity index (χ0n) is 42.5. The minimum absolute atomic E-state index is 0.292. The largest absolute Gasteiger partial charge is 0.481 e. The van der Waals surface area contributed by atoms with E-state index in [-0.39, 0.29) is 0 Å². The summed E-state index contributed by atoms with van der Waals surface area (Å²) in [6.45, 7) is 22.9. The Morgan fingerprint density at radius 3 is 0.273 bits per heavy atom. The molecule has 0 fully saturated rings. The summed E-state index contributed by atoms with van der Waals surface area (Å²) >= 11 is 0. The molecule has 0 radical (unpaired) electrons. The highest BCUT2D eigenvalue weighted by atomic mass is 16.4. The summed E-state index contributed by atoms with van der Waals surface area (Å²) in [6.07, 6.45) is 15.8. The third kappa shape index (κ3) is 255. The van der Waals surface area contributed by atoms with Crippen LogP contribution in [0, 0.1) is 0 Å². The highest BCUT2D eigenvalue weighted by molar-refractivity contribution is 5.69. The van der Waals surface area contributed by atoms with E-state index in [1.165, 1.54) is 25.7 Å². The normalized spacial score (nSPS) is 8.24. The second-order valence-electron chi connectivity index (χ2n) is 13.1. The molecule has 0 heterocycles. The van der Waals surface area contributed by atoms with Crippen molar-refractivity contribution in [2.24, 2.45) is 0 Å². The average molecular weight is 967 g/mol. The summed E-state index contributed by atoms with van der Waals surface area (Å²) in [5.41, 5.74) is 0. The fourth-order valence-corrected chi connectivity index (χ4v) is 2.64. The number of carboxylic acids is 10. The van der Waals surface area contributed by atoms with Gasteiger partial charge < -0.3 is 51.1 Å². The van der Waals surface area contributed by atoms with Gasteiger partial charge in [0.25, 0.3) is 0 Å². The minimum Gasteiger partial charge on any atom is -0.481 e. The summed E-state index contributed by atoms with van der Waals surface area (Å²) < 4.78 is 0. The summed E-state index contributed by atoms with van der Waals surface area (Å²) in [7, 11) is 0. The second kappa shape index (κ2) is 86.7. The first-order valence-electron chi connectivity index (χ1n) is 22.8. The van der Waals surface area contributed by atoms with Crippen molar-refractivity contribution in [1.82, 2.24) is 0 Å². The predicted octanol–water partition coefficient (Wildman–Crippen LogP) is 11.3. The smallest absolute Gasteiger partial charge is 0.303 e. The van der Waals surface area contributed by atoms with Crippen LogP contribution in [-0.4, -0.2) is 111 Å². The molecular weight excluding hydrogens is 872 g/mol. The molecule has 10 N–H and O–H groups in total. The molecule has 0 aliphatic heterocycles. The monoisotopic (exact) mass is 967 g/mol. The molecule has 0 aliphatic carbocycles. The molecule has 0 aliphatic rings. The molecule has 0 bridgehead atoms. The molecule has 20 nitrogen and oxygen atoms in total. The third-order valence-corrected chi connectivity index (χ3v) is 5.60. The molecule has 0 atom stereocenters. The van der Waals surface area contributed by atoms with E-state index in [0.717, 1.165) is 64.2 Å². The van der Waals surface area contributed by atoms with Crippen LogP contribution >= 0.6 is 0 Å². The summed E-state index contributed by atoms with van der Waals surface area (Å²) in [6, 6.07) is 0. The van der Waals surface area contributed by atoms with Crippen molar-refractivity contribution >= 4 is 59.7 Å². The lowest BCUT2D eigenvalue weighted by Gasteiger charge is -1.86. The summed E-state index contributed by atoms with van der Waals surface area (Å²) in [5.74, 6) is -7.11. The van der Waals surface area contributed by atoms with Gasteiger partial charge in [-0.3, -0.25) is 47.9 Å². The van der Waals surface area contributed by atoms with E-state index in [9.17, 15) is 47.9 Å². The number of rotatable bonds is 23. The van der Waals surface area contributed by atoms with Gasteiger partial charge in [0.2, 0.25) is 0 Å². The first-order valence-corrected chi connectivity index (χ1v) is 22.8. The maximum Gasteiger partial charge on any atom is 0.303 e. The second-order valence-corrected chi connectivity index (χ2v) is 13.1. The number of hydrogen-bond acceptors (Lipinski definition) is 10. The Labute approximate surface area is 395 Å². The number of carbonyl (C=O) groups is 10. The van der Waals surface area contributed by atoms with Crippen LogP contribution in [0.25, 0.3) is 0 Å². The molecule has 0 spiro atoms. The van der Waals surface area contributed by atoms with Crippen LogP contribution in [0.3, 0.4) is 0 Å². The molecule has 0 amide bonds. The predicted molar refractivity (Wildman–Crippen MR) is 255 cm³/mol. The van der Waals surface area contributed by atoms with E-state index < -0.39 is 59.7 Å². The van der Waals surface area contributed by atoms with Crippen LogP contribution in [0.5, 0.6) is 0 Å². The van der Waals surface area contributed by atoms with E-state index >= 15 is 0 Å². The molecule has 66 heavy (non-hydrogen) atoms. The van der Waals surface area contributed by atoms with Crippen LogP contribution in [0.1, 0.15) is 237 Å². The molecule has 0 aromatic heterocycles. The third-order valence-electron chi connectivity index (χ3n) is 5.60. The fourth-order valence-electron chi connectivity index (χ4n) is 2.64. The lowest BCUT2D eigenvalue weighted by Crippen LogP contribution is -1.90. The lowest BCUT2D eigenvalue weighted by molar-refractivity contribution is -0.138. The molecule has 20 heteroatoms. The van der Waals surface area contributed by atoms with Gasteiger partial charge in [-0.15, -0.1) is 0 Å². The standard InChI is InChI=1S/C6H14.10C4H8O2/c1-3-5-6-4-2;10*1-2-3-4(5)6/h3-6H2,1-2H3;10*2-3H2,1H3,(H,5,6). The van der Waals surface area contributed by atoms with E-state index in [0.29, 0.717) is 64.2 Å². The summed E-state index contributed by atoms with van der Waals surface area (Å²) in [4.78, 5) is 96.0. The van der Waals surface area contributed by atoms with Gasteiger partial charge in [-0.2, -0.15) is 0 Å². The highest BCUT2D eigenvalue weighted by Gasteiger charge is 1.92. The maximum absolute atomic E-state index is 9.60. The highest BCUT2D eigenvalue weighted by Crippen LogP contribution is 1.95. The Balaban J connectivity index is -0.0000000560. The molecule has 0 aromatic carbocycles. The Morgan fingerprint density at radius 2 is 0.258 bits per heavy atom. The SMILES string of the molecule is CCCC(=O)O.CCCC(=O)O.CCCC(=O)O.CCCC(=O)O.CCCC(=O)O.CCCC(=O)O.CCCC(=O)O.CCCC(=O)O.CCCC(=O)O.CCCC(=O)O.CCCCCC. The van der Waals surface area contributed by atoms with Gasteiger partial charge in [0.1, 0.15) is 0 Å². The van der Waals surface area contributed by atoms with Crippen LogP contribution in [0.4, 0.5) is 0 Å². The van der Waals surface area contributed by atoms with E-state index in [4.69, 9.17) is 51.1 Å². The van der Waals surface area contributed by atoms with E-state index in [1.54, 1.807) is 0 Å². The molecule has 0 saturated heterocycles. The van der Waals surface area contributed by atoms with Crippen molar-refractivity contribution in [3.05, 3.63) is 0 Å². The van der Waals surface area contributed by atoms with Crippen molar-refractivity contribution in [3.8, 4) is 0 Å². The number of unbranched alkanes of at least 4 members (excludes halogenated alkanes) is 3. The zero-order valence-corrected chi connectivity index (χ0v) is 42.5. The van der Waals surface area contributed by atoms with Gasteiger partial charge >= 0.3 is 59.7 Å². The molecule has 0 saturated carbocycles. The van der Waals surface area contributed by atoms with Gasteiger partial charge in [0.05, 0.1) is 0 Å². The number of aliphatic carboxylic acids is 10. The first-order chi connectivity index (χ1) is 30.6. The topological polar surface area (TPSA) is 373 Å².